The van der Waals surface area contributed by atoms with Crippen molar-refractivity contribution in [3.8, 4) is 6.07 Å². The molecular weight excluding hydrogens is 340 g/mol. The Morgan fingerprint density at radius 1 is 1.12 bits per heavy atom. The van der Waals surface area contributed by atoms with Crippen molar-refractivity contribution in [2.45, 2.75) is 17.9 Å². The van der Waals surface area contributed by atoms with Crippen molar-refractivity contribution in [3.63, 3.8) is 0 Å². The molecule has 3 rings (SSSR count). The van der Waals surface area contributed by atoms with Crippen LogP contribution in [0.25, 0.3) is 10.9 Å². The van der Waals surface area contributed by atoms with Crippen LogP contribution in [0, 0.1) is 11.3 Å². The number of nitriles is 1. The summed E-state index contributed by atoms with van der Waals surface area (Å²) in [6, 6.07) is 15.8. The van der Waals surface area contributed by atoms with E-state index < -0.39 is 22.2 Å². The second kappa shape index (κ2) is 6.51. The predicted molar refractivity (Wildman–Crippen MR) is 91.4 cm³/mol. The number of rotatable bonds is 5. The second-order valence-electron chi connectivity index (χ2n) is 5.42. The topological polar surface area (TPSA) is 100 Å². The molecule has 0 saturated heterocycles. The molecule has 7 heteroatoms. The Bertz CT molecular complexity index is 1090. The quantitative estimate of drug-likeness (QED) is 0.710. The van der Waals surface area contributed by atoms with Gasteiger partial charge in [0, 0.05) is 5.39 Å². The number of carbonyl (C=O) groups is 1. The number of ketones is 1. The van der Waals surface area contributed by atoms with Crippen LogP contribution in [0.15, 0.2) is 59.5 Å². The van der Waals surface area contributed by atoms with Gasteiger partial charge in [-0.25, -0.2) is 12.4 Å². The minimum atomic E-state index is -4.04. The lowest BCUT2D eigenvalue weighted by atomic mass is 10.1. The van der Waals surface area contributed by atoms with Crippen LogP contribution >= 0.6 is 0 Å². The minimum Gasteiger partial charge on any atom is -0.392 e. The van der Waals surface area contributed by atoms with Crippen molar-refractivity contribution >= 4 is 26.7 Å². The van der Waals surface area contributed by atoms with Gasteiger partial charge in [0.15, 0.2) is 5.78 Å². The number of hydrogen-bond donors (Lipinski definition) is 1. The van der Waals surface area contributed by atoms with Crippen LogP contribution < -0.4 is 0 Å². The third-order valence-electron chi connectivity index (χ3n) is 3.81. The molecule has 0 fully saturated rings. The van der Waals surface area contributed by atoms with E-state index in [2.05, 4.69) is 0 Å². The predicted octanol–water partition coefficient (Wildman–Crippen LogP) is 2.47. The number of aromatic nitrogens is 1. The van der Waals surface area contributed by atoms with Gasteiger partial charge >= 0.3 is 0 Å². The van der Waals surface area contributed by atoms with Crippen molar-refractivity contribution in [2.24, 2.45) is 0 Å². The number of fused-ring (bicyclic) bond motifs is 1. The third kappa shape index (κ3) is 2.93. The van der Waals surface area contributed by atoms with Crippen molar-refractivity contribution in [2.75, 3.05) is 0 Å². The maximum Gasteiger partial charge on any atom is 0.268 e. The van der Waals surface area contributed by atoms with E-state index in [1.54, 1.807) is 36.4 Å². The Hall–Kier alpha value is -2.95. The number of carbonyl (C=O) groups excluding carboxylic acids is 1. The first-order valence-electron chi connectivity index (χ1n) is 7.45. The average molecular weight is 354 g/mol. The van der Waals surface area contributed by atoms with E-state index in [4.69, 9.17) is 5.26 Å². The summed E-state index contributed by atoms with van der Waals surface area (Å²) in [5, 5.41) is 18.7. The van der Waals surface area contributed by atoms with Crippen LogP contribution in [0.2, 0.25) is 0 Å². The van der Waals surface area contributed by atoms with Gasteiger partial charge in [-0.3, -0.25) is 4.79 Å². The van der Waals surface area contributed by atoms with Crippen LogP contribution in [-0.4, -0.2) is 23.3 Å². The van der Waals surface area contributed by atoms with Crippen molar-refractivity contribution in [3.05, 3.63) is 65.9 Å². The molecule has 0 amide bonds. The molecule has 126 valence electrons. The van der Waals surface area contributed by atoms with Crippen LogP contribution in [-0.2, 0) is 16.6 Å². The van der Waals surface area contributed by atoms with Crippen molar-refractivity contribution < 1.29 is 18.3 Å². The monoisotopic (exact) mass is 354 g/mol. The summed E-state index contributed by atoms with van der Waals surface area (Å²) in [6.07, 6.45) is -0.423. The van der Waals surface area contributed by atoms with Gasteiger partial charge in [-0.05, 0) is 29.8 Å². The summed E-state index contributed by atoms with van der Waals surface area (Å²) < 4.78 is 27.2. The van der Waals surface area contributed by atoms with E-state index in [0.29, 0.717) is 10.9 Å². The van der Waals surface area contributed by atoms with Crippen LogP contribution in [0.4, 0.5) is 0 Å². The van der Waals surface area contributed by atoms with Gasteiger partial charge in [0.1, 0.15) is 12.1 Å². The standard InChI is InChI=1S/C18H14N2O4S/c19-9-8-18(22)17-11-14-7-6-13(12-21)10-16(14)20(17)25(23,24)15-4-2-1-3-5-15/h1-7,10-11,21H,8,12H2. The van der Waals surface area contributed by atoms with E-state index in [9.17, 15) is 18.3 Å². The van der Waals surface area contributed by atoms with Gasteiger partial charge in [-0.2, -0.15) is 5.26 Å². The highest BCUT2D eigenvalue weighted by atomic mass is 32.2. The molecule has 0 atom stereocenters. The Morgan fingerprint density at radius 2 is 1.84 bits per heavy atom. The van der Waals surface area contributed by atoms with Crippen molar-refractivity contribution in [1.29, 1.82) is 5.26 Å². The summed E-state index contributed by atoms with van der Waals surface area (Å²) in [4.78, 5) is 12.3. The van der Waals surface area contributed by atoms with E-state index >= 15 is 0 Å². The van der Waals surface area contributed by atoms with E-state index in [-0.39, 0.29) is 22.7 Å². The van der Waals surface area contributed by atoms with Crippen LogP contribution in [0.1, 0.15) is 22.5 Å². The molecule has 25 heavy (non-hydrogen) atoms. The van der Waals surface area contributed by atoms with Gasteiger partial charge < -0.3 is 5.11 Å². The molecule has 6 nitrogen and oxygen atoms in total. The highest BCUT2D eigenvalue weighted by Crippen LogP contribution is 2.27. The largest absolute Gasteiger partial charge is 0.392 e. The maximum absolute atomic E-state index is 13.1. The minimum absolute atomic E-state index is 0.0351. The number of aliphatic hydroxyl groups excluding tert-OH is 1. The molecule has 0 aliphatic carbocycles. The Morgan fingerprint density at radius 3 is 2.48 bits per heavy atom. The fraction of sp³-hybridized carbons (Fsp3) is 0.111. The first-order chi connectivity index (χ1) is 12.0. The molecule has 0 unspecified atom stereocenters. The molecular formula is C18H14N2O4S. The molecule has 0 aliphatic rings. The first kappa shape index (κ1) is 16.9. The lowest BCUT2D eigenvalue weighted by Crippen LogP contribution is -2.18. The highest BCUT2D eigenvalue weighted by Gasteiger charge is 2.26. The summed E-state index contributed by atoms with van der Waals surface area (Å²) in [5.41, 5.74) is 0.738. The first-order valence-corrected chi connectivity index (χ1v) is 8.89. The third-order valence-corrected chi connectivity index (χ3v) is 5.56. The van der Waals surface area contributed by atoms with Gasteiger partial charge in [0.25, 0.3) is 10.0 Å². The number of aliphatic hydroxyl groups is 1. The molecule has 0 spiro atoms. The fourth-order valence-electron chi connectivity index (χ4n) is 2.63. The molecule has 2 aromatic carbocycles. The normalized spacial score (nSPS) is 11.4. The van der Waals surface area contributed by atoms with E-state index in [1.165, 1.54) is 24.3 Å². The zero-order valence-corrected chi connectivity index (χ0v) is 13.9. The zero-order valence-electron chi connectivity index (χ0n) is 13.1. The van der Waals surface area contributed by atoms with Crippen molar-refractivity contribution in [1.82, 2.24) is 3.97 Å². The molecule has 1 N–H and O–H groups in total. The summed E-state index contributed by atoms with van der Waals surface area (Å²) in [6.45, 7) is -0.256. The van der Waals surface area contributed by atoms with E-state index in [0.717, 1.165) is 3.97 Å². The molecule has 1 heterocycles. The molecule has 0 aliphatic heterocycles. The number of Topliss-reactive ketones (excluding diaryl/α,β-unsaturated/α-hetero) is 1. The number of nitrogens with zero attached hydrogens (tertiary/aromatic N) is 2. The van der Waals surface area contributed by atoms with Gasteiger partial charge in [-0.1, -0.05) is 30.3 Å². The smallest absolute Gasteiger partial charge is 0.268 e. The molecule has 0 radical (unpaired) electrons. The summed E-state index contributed by atoms with van der Waals surface area (Å²) in [7, 11) is -4.04. The maximum atomic E-state index is 13.1. The second-order valence-corrected chi connectivity index (χ2v) is 7.21. The van der Waals surface area contributed by atoms with Crippen LogP contribution in [0.5, 0.6) is 0 Å². The van der Waals surface area contributed by atoms with E-state index in [1.807, 2.05) is 0 Å². The highest BCUT2D eigenvalue weighted by molar-refractivity contribution is 7.90. The molecule has 0 bridgehead atoms. The Labute approximate surface area is 144 Å². The van der Waals surface area contributed by atoms with Gasteiger partial charge in [0.05, 0.1) is 23.1 Å². The van der Waals surface area contributed by atoms with Crippen LogP contribution in [0.3, 0.4) is 0 Å². The summed E-state index contributed by atoms with van der Waals surface area (Å²) in [5.74, 6) is -0.580. The molecule has 3 aromatic rings. The number of hydrogen-bond acceptors (Lipinski definition) is 5. The number of benzene rings is 2. The van der Waals surface area contributed by atoms with Gasteiger partial charge in [0.2, 0.25) is 0 Å². The lowest BCUT2D eigenvalue weighted by Gasteiger charge is -2.11. The SMILES string of the molecule is N#CCC(=O)c1cc2ccc(CO)cc2n1S(=O)(=O)c1ccccc1. The Kier molecular flexibility index (Phi) is 4.40. The molecule has 0 saturated carbocycles. The fourth-order valence-corrected chi connectivity index (χ4v) is 4.18. The molecule has 1 aromatic heterocycles. The average Bonchev–Trinajstić information content (AvgIpc) is 3.02. The summed E-state index contributed by atoms with van der Waals surface area (Å²) >= 11 is 0. The van der Waals surface area contributed by atoms with Gasteiger partial charge in [-0.15, -0.1) is 0 Å². The Balaban J connectivity index is 2.36. The lowest BCUT2D eigenvalue weighted by molar-refractivity contribution is 0.0992. The zero-order chi connectivity index (χ0) is 18.0.